The number of anilines is 1. The van der Waals surface area contributed by atoms with Crippen LogP contribution in [0.4, 0.5) is 10.5 Å². The SMILES string of the molecule is CN(C)CCN(C)C(=O)c1ccc(C#CCNc2ccc(C(=N)NC(=O)OC(C)(C)C)cc2)cc1. The Kier molecular flexibility index (Phi) is 9.86. The molecule has 0 unspecified atom stereocenters. The summed E-state index contributed by atoms with van der Waals surface area (Å²) >= 11 is 0. The van der Waals surface area contributed by atoms with E-state index in [4.69, 9.17) is 10.1 Å². The molecule has 0 saturated carbocycles. The molecule has 0 aromatic heterocycles. The van der Waals surface area contributed by atoms with Gasteiger partial charge in [0.2, 0.25) is 0 Å². The van der Waals surface area contributed by atoms with Crippen LogP contribution in [-0.2, 0) is 4.74 Å². The molecule has 2 amide bonds. The summed E-state index contributed by atoms with van der Waals surface area (Å²) in [5.41, 5.74) is 2.25. The molecule has 0 aliphatic carbocycles. The highest BCUT2D eigenvalue weighted by atomic mass is 16.6. The maximum Gasteiger partial charge on any atom is 0.413 e. The van der Waals surface area contributed by atoms with Gasteiger partial charge in [0.15, 0.2) is 0 Å². The number of hydrogen-bond donors (Lipinski definition) is 3. The molecule has 3 N–H and O–H groups in total. The minimum atomic E-state index is -0.659. The van der Waals surface area contributed by atoms with E-state index in [1.165, 1.54) is 0 Å². The second kappa shape index (κ2) is 12.6. The summed E-state index contributed by atoms with van der Waals surface area (Å²) in [6, 6.07) is 14.4. The Morgan fingerprint density at radius 3 is 2.11 bits per heavy atom. The highest BCUT2D eigenvalue weighted by molar-refractivity contribution is 6.04. The smallest absolute Gasteiger partial charge is 0.413 e. The first-order valence-electron chi connectivity index (χ1n) is 11.4. The van der Waals surface area contributed by atoms with E-state index < -0.39 is 11.7 Å². The molecule has 186 valence electrons. The number of amides is 2. The minimum absolute atomic E-state index is 0.00847. The molecular weight excluding hydrogens is 442 g/mol. The number of carbonyl (C=O) groups excluding carboxylic acids is 2. The molecule has 0 bridgehead atoms. The van der Waals surface area contributed by atoms with E-state index >= 15 is 0 Å². The molecule has 0 heterocycles. The van der Waals surface area contributed by atoms with E-state index in [2.05, 4.69) is 22.5 Å². The van der Waals surface area contributed by atoms with Crippen molar-refractivity contribution in [1.82, 2.24) is 15.1 Å². The Balaban J connectivity index is 1.84. The molecule has 0 aliphatic rings. The lowest BCUT2D eigenvalue weighted by atomic mass is 10.1. The Labute approximate surface area is 208 Å². The normalized spacial score (nSPS) is 10.7. The number of amidine groups is 1. The fourth-order valence-corrected chi connectivity index (χ4v) is 2.89. The molecular formula is C27H35N5O3. The van der Waals surface area contributed by atoms with Crippen LogP contribution in [0.3, 0.4) is 0 Å². The molecule has 35 heavy (non-hydrogen) atoms. The Hall–Kier alpha value is -3.83. The average Bonchev–Trinajstić information content (AvgIpc) is 2.79. The van der Waals surface area contributed by atoms with Crippen LogP contribution in [-0.4, -0.2) is 74.0 Å². The average molecular weight is 478 g/mol. The van der Waals surface area contributed by atoms with Gasteiger partial charge in [-0.3, -0.25) is 15.5 Å². The van der Waals surface area contributed by atoms with Crippen LogP contribution >= 0.6 is 0 Å². The van der Waals surface area contributed by atoms with Gasteiger partial charge in [-0.2, -0.15) is 0 Å². The zero-order chi connectivity index (χ0) is 26.0. The van der Waals surface area contributed by atoms with Crippen molar-refractivity contribution in [1.29, 1.82) is 5.41 Å². The molecule has 2 rings (SSSR count). The van der Waals surface area contributed by atoms with E-state index in [1.807, 2.05) is 43.3 Å². The molecule has 0 aliphatic heterocycles. The summed E-state index contributed by atoms with van der Waals surface area (Å²) in [5.74, 6) is 6.10. The number of likely N-dealkylation sites (N-methyl/N-ethyl adjacent to an activating group) is 2. The van der Waals surface area contributed by atoms with Gasteiger partial charge in [0.25, 0.3) is 5.91 Å². The number of nitrogens with one attached hydrogen (secondary N) is 3. The highest BCUT2D eigenvalue weighted by Crippen LogP contribution is 2.11. The highest BCUT2D eigenvalue weighted by Gasteiger charge is 2.17. The van der Waals surface area contributed by atoms with Crippen molar-refractivity contribution in [2.45, 2.75) is 26.4 Å². The molecule has 0 saturated heterocycles. The van der Waals surface area contributed by atoms with Gasteiger partial charge in [-0.25, -0.2) is 4.79 Å². The molecule has 0 spiro atoms. The Bertz CT molecular complexity index is 1080. The molecule has 0 fully saturated rings. The van der Waals surface area contributed by atoms with Crippen molar-refractivity contribution < 1.29 is 14.3 Å². The largest absolute Gasteiger partial charge is 0.444 e. The van der Waals surface area contributed by atoms with Crippen molar-refractivity contribution in [2.24, 2.45) is 0 Å². The van der Waals surface area contributed by atoms with Gasteiger partial charge in [-0.15, -0.1) is 0 Å². The van der Waals surface area contributed by atoms with E-state index in [0.717, 1.165) is 17.8 Å². The molecule has 2 aromatic rings. The number of alkyl carbamates (subject to hydrolysis) is 1. The van der Waals surface area contributed by atoms with Gasteiger partial charge in [0, 0.05) is 42.5 Å². The predicted molar refractivity (Wildman–Crippen MR) is 140 cm³/mol. The van der Waals surface area contributed by atoms with E-state index in [1.54, 1.807) is 57.0 Å². The van der Waals surface area contributed by atoms with Crippen molar-refractivity contribution in [3.63, 3.8) is 0 Å². The molecule has 8 heteroatoms. The monoisotopic (exact) mass is 477 g/mol. The zero-order valence-electron chi connectivity index (χ0n) is 21.4. The minimum Gasteiger partial charge on any atom is -0.444 e. The number of ether oxygens (including phenoxy) is 1. The van der Waals surface area contributed by atoms with E-state index in [-0.39, 0.29) is 11.7 Å². The molecule has 8 nitrogen and oxygen atoms in total. The van der Waals surface area contributed by atoms with E-state index in [9.17, 15) is 9.59 Å². The maximum atomic E-state index is 12.5. The zero-order valence-corrected chi connectivity index (χ0v) is 21.4. The van der Waals surface area contributed by atoms with Crippen molar-refractivity contribution in [2.75, 3.05) is 46.1 Å². The van der Waals surface area contributed by atoms with Gasteiger partial charge in [-0.05, 0) is 83.4 Å². The van der Waals surface area contributed by atoms with Gasteiger partial charge in [-0.1, -0.05) is 11.8 Å². The first-order valence-corrected chi connectivity index (χ1v) is 11.4. The second-order valence-electron chi connectivity index (χ2n) is 9.34. The number of rotatable bonds is 7. The molecule has 2 aromatic carbocycles. The Morgan fingerprint density at radius 2 is 1.54 bits per heavy atom. The third-order valence-electron chi connectivity index (χ3n) is 4.77. The second-order valence-corrected chi connectivity index (χ2v) is 9.34. The van der Waals surface area contributed by atoms with E-state index in [0.29, 0.717) is 24.2 Å². The van der Waals surface area contributed by atoms with Gasteiger partial charge >= 0.3 is 6.09 Å². The summed E-state index contributed by atoms with van der Waals surface area (Å²) in [7, 11) is 5.76. The summed E-state index contributed by atoms with van der Waals surface area (Å²) < 4.78 is 5.16. The lowest BCUT2D eigenvalue weighted by Crippen LogP contribution is -2.36. The van der Waals surface area contributed by atoms with Crippen LogP contribution in [0, 0.1) is 17.3 Å². The summed E-state index contributed by atoms with van der Waals surface area (Å²) in [6.45, 7) is 7.21. The van der Waals surface area contributed by atoms with Crippen LogP contribution in [0.1, 0.15) is 42.3 Å². The van der Waals surface area contributed by atoms with Gasteiger partial charge in [0.1, 0.15) is 11.4 Å². The fourth-order valence-electron chi connectivity index (χ4n) is 2.89. The summed E-state index contributed by atoms with van der Waals surface area (Å²) in [5, 5.41) is 13.6. The van der Waals surface area contributed by atoms with Crippen molar-refractivity contribution >= 4 is 23.5 Å². The van der Waals surface area contributed by atoms with Gasteiger partial charge < -0.3 is 19.9 Å². The van der Waals surface area contributed by atoms with Crippen LogP contribution in [0.2, 0.25) is 0 Å². The fraction of sp³-hybridized carbons (Fsp3) is 0.370. The first-order chi connectivity index (χ1) is 16.4. The van der Waals surface area contributed by atoms with Gasteiger partial charge in [0.05, 0.1) is 6.54 Å². The summed E-state index contributed by atoms with van der Waals surface area (Å²) in [6.07, 6.45) is -0.659. The van der Waals surface area contributed by atoms with Crippen LogP contribution < -0.4 is 10.6 Å². The molecule has 0 radical (unpaired) electrons. The Morgan fingerprint density at radius 1 is 0.943 bits per heavy atom. The number of hydrogen-bond acceptors (Lipinski definition) is 6. The van der Waals surface area contributed by atoms with Crippen LogP contribution in [0.25, 0.3) is 0 Å². The maximum absolute atomic E-state index is 12.5. The quantitative estimate of drug-likeness (QED) is 0.321. The van der Waals surface area contributed by atoms with Crippen molar-refractivity contribution in [3.05, 3.63) is 65.2 Å². The predicted octanol–water partition coefficient (Wildman–Crippen LogP) is 3.63. The lowest BCUT2D eigenvalue weighted by molar-refractivity contribution is 0.0562. The topological polar surface area (TPSA) is 97.8 Å². The first kappa shape index (κ1) is 27.4. The lowest BCUT2D eigenvalue weighted by Gasteiger charge is -2.19. The van der Waals surface area contributed by atoms with Crippen LogP contribution in [0.5, 0.6) is 0 Å². The number of carbonyl (C=O) groups is 2. The third-order valence-corrected chi connectivity index (χ3v) is 4.77. The standard InChI is InChI=1S/C27H35N5O3/c1-27(2,3)35-26(34)30-24(28)21-13-15-23(16-14-21)29-17-7-8-20-9-11-22(12-10-20)25(33)32(6)19-18-31(4)5/h9-16,29H,17-19H2,1-6H3,(H2,28,30,34). The number of benzene rings is 2. The summed E-state index contributed by atoms with van der Waals surface area (Å²) in [4.78, 5) is 28.0. The molecule has 0 atom stereocenters. The van der Waals surface area contributed by atoms with Crippen molar-refractivity contribution in [3.8, 4) is 11.8 Å². The number of nitrogens with zero attached hydrogens (tertiary/aromatic N) is 2. The van der Waals surface area contributed by atoms with Crippen LogP contribution in [0.15, 0.2) is 48.5 Å². The third kappa shape index (κ3) is 9.90.